The van der Waals surface area contributed by atoms with Crippen LogP contribution in [0.1, 0.15) is 44.2 Å². The fourth-order valence-corrected chi connectivity index (χ4v) is 2.61. The number of hydrogen-bond acceptors (Lipinski definition) is 2. The number of nitrogens with two attached hydrogens (primary N) is 1. The molecular formula is C16H23FN2S. The Morgan fingerprint density at radius 2 is 2.15 bits per heavy atom. The molecule has 0 saturated heterocycles. The van der Waals surface area contributed by atoms with Crippen LogP contribution in [-0.2, 0) is 6.54 Å². The van der Waals surface area contributed by atoms with Crippen LogP contribution >= 0.6 is 12.2 Å². The van der Waals surface area contributed by atoms with Crippen LogP contribution in [0.4, 0.5) is 4.39 Å². The molecule has 0 atom stereocenters. The van der Waals surface area contributed by atoms with E-state index < -0.39 is 0 Å². The third kappa shape index (κ3) is 4.25. The van der Waals surface area contributed by atoms with Crippen molar-refractivity contribution in [2.45, 2.75) is 45.7 Å². The van der Waals surface area contributed by atoms with Gasteiger partial charge in [0.2, 0.25) is 0 Å². The van der Waals surface area contributed by atoms with Crippen LogP contribution in [0, 0.1) is 11.7 Å². The van der Waals surface area contributed by atoms with Crippen molar-refractivity contribution in [1.29, 1.82) is 0 Å². The Hall–Kier alpha value is -1.00. The maximum absolute atomic E-state index is 13.5. The third-order valence-corrected chi connectivity index (χ3v) is 3.98. The zero-order valence-corrected chi connectivity index (χ0v) is 13.0. The molecule has 4 heteroatoms. The maximum Gasteiger partial charge on any atom is 0.123 e. The monoisotopic (exact) mass is 294 g/mol. The lowest BCUT2D eigenvalue weighted by atomic mass is 10.1. The van der Waals surface area contributed by atoms with Gasteiger partial charge in [0.1, 0.15) is 10.8 Å². The van der Waals surface area contributed by atoms with Gasteiger partial charge in [-0.25, -0.2) is 4.39 Å². The Bertz CT molecular complexity index is 483. The van der Waals surface area contributed by atoms with Crippen molar-refractivity contribution < 1.29 is 4.39 Å². The second-order valence-corrected chi connectivity index (χ2v) is 6.49. The van der Waals surface area contributed by atoms with Crippen LogP contribution < -0.4 is 5.73 Å². The molecule has 2 nitrogen and oxygen atoms in total. The molecule has 1 aliphatic rings. The molecular weight excluding hydrogens is 271 g/mol. The summed E-state index contributed by atoms with van der Waals surface area (Å²) in [7, 11) is 0. The lowest BCUT2D eigenvalue weighted by molar-refractivity contribution is 0.239. The van der Waals surface area contributed by atoms with E-state index in [-0.39, 0.29) is 5.82 Å². The van der Waals surface area contributed by atoms with Gasteiger partial charge in [-0.05, 0) is 55.5 Å². The highest BCUT2D eigenvalue weighted by Gasteiger charge is 2.29. The largest absolute Gasteiger partial charge is 0.389 e. The van der Waals surface area contributed by atoms with Gasteiger partial charge in [0.15, 0.2) is 0 Å². The maximum atomic E-state index is 13.5. The van der Waals surface area contributed by atoms with E-state index in [1.165, 1.54) is 18.9 Å². The van der Waals surface area contributed by atoms with E-state index in [1.807, 2.05) is 0 Å². The van der Waals surface area contributed by atoms with E-state index in [4.69, 9.17) is 18.0 Å². The third-order valence-electron chi connectivity index (χ3n) is 3.76. The molecule has 0 aliphatic heterocycles. The SMILES string of the molecule is CC(C)CCN(Cc1cc(F)ccc1C(N)=S)C1CC1. The Labute approximate surface area is 126 Å². The molecule has 0 bridgehead atoms. The summed E-state index contributed by atoms with van der Waals surface area (Å²) in [5.41, 5.74) is 7.46. The molecule has 1 aromatic carbocycles. The first-order valence-electron chi connectivity index (χ1n) is 7.29. The average molecular weight is 294 g/mol. The Balaban J connectivity index is 2.13. The van der Waals surface area contributed by atoms with Crippen molar-refractivity contribution in [1.82, 2.24) is 4.90 Å². The van der Waals surface area contributed by atoms with Gasteiger partial charge in [-0.15, -0.1) is 0 Å². The van der Waals surface area contributed by atoms with E-state index >= 15 is 0 Å². The number of thiocarbonyl (C=S) groups is 1. The van der Waals surface area contributed by atoms with Gasteiger partial charge in [0, 0.05) is 18.2 Å². The standard InChI is InChI=1S/C16H23FN2S/c1-11(2)7-8-19(14-4-5-14)10-12-9-13(17)3-6-15(12)16(18)20/h3,6,9,11,14H,4-5,7-8,10H2,1-2H3,(H2,18,20). The van der Waals surface area contributed by atoms with Gasteiger partial charge in [-0.1, -0.05) is 26.1 Å². The number of nitrogens with zero attached hydrogens (tertiary/aromatic N) is 1. The lowest BCUT2D eigenvalue weighted by Gasteiger charge is -2.24. The second kappa shape index (κ2) is 6.64. The number of benzene rings is 1. The second-order valence-electron chi connectivity index (χ2n) is 6.05. The summed E-state index contributed by atoms with van der Waals surface area (Å²) in [6, 6.07) is 5.34. The minimum Gasteiger partial charge on any atom is -0.389 e. The average Bonchev–Trinajstić information content (AvgIpc) is 3.18. The van der Waals surface area contributed by atoms with E-state index in [9.17, 15) is 4.39 Å². The molecule has 2 N–H and O–H groups in total. The van der Waals surface area contributed by atoms with Crippen LogP contribution in [0.2, 0.25) is 0 Å². The topological polar surface area (TPSA) is 29.3 Å². The van der Waals surface area contributed by atoms with Gasteiger partial charge in [-0.3, -0.25) is 4.90 Å². The highest BCUT2D eigenvalue weighted by Crippen LogP contribution is 2.29. The number of halogens is 1. The molecule has 0 amide bonds. The fourth-order valence-electron chi connectivity index (χ4n) is 2.41. The van der Waals surface area contributed by atoms with E-state index in [1.54, 1.807) is 12.1 Å². The van der Waals surface area contributed by atoms with Gasteiger partial charge < -0.3 is 5.73 Å². The quantitative estimate of drug-likeness (QED) is 0.781. The molecule has 1 aliphatic carbocycles. The number of hydrogen-bond donors (Lipinski definition) is 1. The van der Waals surface area contributed by atoms with Crippen molar-refractivity contribution in [2.75, 3.05) is 6.54 Å². The van der Waals surface area contributed by atoms with Crippen molar-refractivity contribution in [3.8, 4) is 0 Å². The predicted molar refractivity (Wildman–Crippen MR) is 85.2 cm³/mol. The molecule has 1 aromatic rings. The lowest BCUT2D eigenvalue weighted by Crippen LogP contribution is -2.29. The van der Waals surface area contributed by atoms with Crippen molar-refractivity contribution in [3.05, 3.63) is 35.1 Å². The molecule has 0 radical (unpaired) electrons. The highest BCUT2D eigenvalue weighted by molar-refractivity contribution is 7.80. The first kappa shape index (κ1) is 15.4. The first-order chi connectivity index (χ1) is 9.47. The van der Waals surface area contributed by atoms with E-state index in [0.717, 1.165) is 30.6 Å². The molecule has 0 aromatic heterocycles. The van der Waals surface area contributed by atoms with Crippen LogP contribution in [0.5, 0.6) is 0 Å². The first-order valence-corrected chi connectivity index (χ1v) is 7.70. The molecule has 0 unspecified atom stereocenters. The van der Waals surface area contributed by atoms with Crippen molar-refractivity contribution >= 4 is 17.2 Å². The van der Waals surface area contributed by atoms with Crippen molar-refractivity contribution in [2.24, 2.45) is 11.7 Å². The molecule has 1 fully saturated rings. The van der Waals surface area contributed by atoms with Crippen LogP contribution in [0.15, 0.2) is 18.2 Å². The van der Waals surface area contributed by atoms with Gasteiger partial charge in [0.25, 0.3) is 0 Å². The van der Waals surface area contributed by atoms with E-state index in [2.05, 4.69) is 18.7 Å². The summed E-state index contributed by atoms with van der Waals surface area (Å²) < 4.78 is 13.5. The zero-order chi connectivity index (χ0) is 14.7. The summed E-state index contributed by atoms with van der Waals surface area (Å²) in [5.74, 6) is 0.457. The van der Waals surface area contributed by atoms with Crippen LogP contribution in [0.25, 0.3) is 0 Å². The zero-order valence-electron chi connectivity index (χ0n) is 12.2. The van der Waals surface area contributed by atoms with Gasteiger partial charge >= 0.3 is 0 Å². The Kier molecular flexibility index (Phi) is 5.11. The predicted octanol–water partition coefficient (Wildman–Crippen LogP) is 3.47. The molecule has 0 heterocycles. The van der Waals surface area contributed by atoms with Crippen molar-refractivity contribution in [3.63, 3.8) is 0 Å². The Morgan fingerprint density at radius 3 is 2.70 bits per heavy atom. The molecule has 20 heavy (non-hydrogen) atoms. The van der Waals surface area contributed by atoms with Crippen LogP contribution in [-0.4, -0.2) is 22.5 Å². The minimum atomic E-state index is -0.223. The fraction of sp³-hybridized carbons (Fsp3) is 0.562. The summed E-state index contributed by atoms with van der Waals surface area (Å²) >= 11 is 5.07. The smallest absolute Gasteiger partial charge is 0.123 e. The summed E-state index contributed by atoms with van der Waals surface area (Å²) in [5, 5.41) is 0. The van der Waals surface area contributed by atoms with Gasteiger partial charge in [-0.2, -0.15) is 0 Å². The Morgan fingerprint density at radius 1 is 1.45 bits per heavy atom. The molecule has 1 saturated carbocycles. The van der Waals surface area contributed by atoms with E-state index in [0.29, 0.717) is 16.9 Å². The summed E-state index contributed by atoms with van der Waals surface area (Å²) in [6.45, 7) is 6.25. The summed E-state index contributed by atoms with van der Waals surface area (Å²) in [6.07, 6.45) is 3.65. The van der Waals surface area contributed by atoms with Gasteiger partial charge in [0.05, 0.1) is 0 Å². The van der Waals surface area contributed by atoms with Crippen LogP contribution in [0.3, 0.4) is 0 Å². The minimum absolute atomic E-state index is 0.223. The number of rotatable bonds is 7. The highest BCUT2D eigenvalue weighted by atomic mass is 32.1. The molecule has 110 valence electrons. The molecule has 2 rings (SSSR count). The summed E-state index contributed by atoms with van der Waals surface area (Å²) in [4.78, 5) is 2.79. The normalized spacial score (nSPS) is 15.1. The molecule has 0 spiro atoms.